The SMILES string of the molecule is CC(C)(C)OC(=O)N1C[C@H]2CSC(NC(=O)c3ccccc3)=N[C@@]2(c2cc(Br)ccc2F)C1. The molecule has 1 saturated heterocycles. The second kappa shape index (κ2) is 9.10. The summed E-state index contributed by atoms with van der Waals surface area (Å²) in [5.41, 5.74) is -0.784. The number of aliphatic imine (C=N–C) groups is 1. The van der Waals surface area contributed by atoms with Crippen LogP contribution in [0.4, 0.5) is 9.18 Å². The molecule has 2 aromatic carbocycles. The van der Waals surface area contributed by atoms with E-state index in [-0.39, 0.29) is 18.4 Å². The largest absolute Gasteiger partial charge is 0.444 e. The number of nitrogens with one attached hydrogen (secondary N) is 1. The van der Waals surface area contributed by atoms with Gasteiger partial charge in [-0.3, -0.25) is 4.79 Å². The molecule has 2 amide bonds. The Morgan fingerprint density at radius 2 is 1.97 bits per heavy atom. The lowest BCUT2D eigenvalue weighted by Crippen LogP contribution is -2.43. The number of hydrogen-bond acceptors (Lipinski definition) is 5. The summed E-state index contributed by atoms with van der Waals surface area (Å²) in [5.74, 6) is -0.263. The van der Waals surface area contributed by atoms with E-state index in [1.54, 1.807) is 41.3 Å². The summed E-state index contributed by atoms with van der Waals surface area (Å²) >= 11 is 4.83. The van der Waals surface area contributed by atoms with Crippen molar-refractivity contribution in [1.29, 1.82) is 0 Å². The topological polar surface area (TPSA) is 71.0 Å². The van der Waals surface area contributed by atoms with Crippen LogP contribution < -0.4 is 5.32 Å². The maximum absolute atomic E-state index is 15.1. The molecule has 33 heavy (non-hydrogen) atoms. The molecule has 2 aliphatic heterocycles. The first-order valence-corrected chi connectivity index (χ1v) is 12.4. The molecule has 0 radical (unpaired) electrons. The van der Waals surface area contributed by atoms with Crippen molar-refractivity contribution in [3.63, 3.8) is 0 Å². The zero-order chi connectivity index (χ0) is 23.8. The number of thioether (sulfide) groups is 1. The van der Waals surface area contributed by atoms with E-state index in [1.807, 2.05) is 26.8 Å². The molecule has 1 N–H and O–H groups in total. The van der Waals surface area contributed by atoms with Gasteiger partial charge in [0.15, 0.2) is 5.17 Å². The van der Waals surface area contributed by atoms with Crippen LogP contribution in [-0.4, -0.2) is 46.5 Å². The summed E-state index contributed by atoms with van der Waals surface area (Å²) < 4.78 is 21.4. The molecule has 0 spiro atoms. The molecule has 4 rings (SSSR count). The Morgan fingerprint density at radius 3 is 2.67 bits per heavy atom. The van der Waals surface area contributed by atoms with E-state index in [0.717, 1.165) is 0 Å². The van der Waals surface area contributed by atoms with Crippen LogP contribution in [0.15, 0.2) is 58.0 Å². The highest BCUT2D eigenvalue weighted by Gasteiger charge is 2.53. The molecule has 0 saturated carbocycles. The maximum atomic E-state index is 15.1. The predicted molar refractivity (Wildman–Crippen MR) is 131 cm³/mol. The zero-order valence-electron chi connectivity index (χ0n) is 18.6. The van der Waals surface area contributed by atoms with E-state index < -0.39 is 23.1 Å². The first kappa shape index (κ1) is 23.8. The van der Waals surface area contributed by atoms with Crippen molar-refractivity contribution in [3.8, 4) is 0 Å². The molecule has 2 aliphatic rings. The van der Waals surface area contributed by atoms with E-state index in [0.29, 0.717) is 33.1 Å². The predicted octanol–water partition coefficient (Wildman–Crippen LogP) is 5.18. The van der Waals surface area contributed by atoms with Crippen LogP contribution in [0.5, 0.6) is 0 Å². The van der Waals surface area contributed by atoms with Gasteiger partial charge in [0, 0.05) is 33.8 Å². The van der Waals surface area contributed by atoms with E-state index >= 15 is 4.39 Å². The Balaban J connectivity index is 1.71. The summed E-state index contributed by atoms with van der Waals surface area (Å²) in [6.07, 6.45) is -0.457. The number of halogens is 2. The molecule has 9 heteroatoms. The van der Waals surface area contributed by atoms with Crippen LogP contribution in [0.25, 0.3) is 0 Å². The number of amides is 2. The molecule has 0 aromatic heterocycles. The second-order valence-corrected chi connectivity index (χ2v) is 11.1. The van der Waals surface area contributed by atoms with Crippen molar-refractivity contribution in [2.24, 2.45) is 10.9 Å². The van der Waals surface area contributed by atoms with E-state index in [1.165, 1.54) is 17.8 Å². The van der Waals surface area contributed by atoms with Crippen LogP contribution >= 0.6 is 27.7 Å². The number of nitrogens with zero attached hydrogens (tertiary/aromatic N) is 2. The number of benzene rings is 2. The van der Waals surface area contributed by atoms with Gasteiger partial charge >= 0.3 is 6.09 Å². The summed E-state index contributed by atoms with van der Waals surface area (Å²) in [6.45, 7) is 5.97. The smallest absolute Gasteiger partial charge is 0.410 e. The fourth-order valence-corrected chi connectivity index (χ4v) is 5.59. The van der Waals surface area contributed by atoms with Crippen LogP contribution in [-0.2, 0) is 10.3 Å². The molecule has 174 valence electrons. The lowest BCUT2D eigenvalue weighted by Gasteiger charge is -2.35. The van der Waals surface area contributed by atoms with Crippen molar-refractivity contribution in [2.75, 3.05) is 18.8 Å². The van der Waals surface area contributed by atoms with Gasteiger partial charge in [0.1, 0.15) is 17.0 Å². The first-order valence-electron chi connectivity index (χ1n) is 10.6. The quantitative estimate of drug-likeness (QED) is 0.577. The minimum absolute atomic E-state index is 0.142. The van der Waals surface area contributed by atoms with Gasteiger partial charge in [0.05, 0.1) is 6.54 Å². The molecule has 2 heterocycles. The van der Waals surface area contributed by atoms with Crippen LogP contribution in [0.1, 0.15) is 36.7 Å². The summed E-state index contributed by atoms with van der Waals surface area (Å²) in [7, 11) is 0. The molecular formula is C24H25BrFN3O3S. The standard InChI is InChI=1S/C24H25BrFN3O3S/c1-23(2,3)32-22(31)29-12-16-13-33-21(27-20(30)15-7-5-4-6-8-15)28-24(16,14-29)18-11-17(25)9-10-19(18)26/h4-11,16H,12-14H2,1-3H3,(H,27,28,30)/t16-,24-/m0/s1. The van der Waals surface area contributed by atoms with Crippen molar-refractivity contribution in [1.82, 2.24) is 10.2 Å². The summed E-state index contributed by atoms with van der Waals surface area (Å²) in [6, 6.07) is 13.6. The highest BCUT2D eigenvalue weighted by atomic mass is 79.9. The Labute approximate surface area is 205 Å². The fraction of sp³-hybridized carbons (Fsp3) is 0.375. The van der Waals surface area contributed by atoms with Crippen LogP contribution in [0, 0.1) is 11.7 Å². The van der Waals surface area contributed by atoms with E-state index in [2.05, 4.69) is 21.2 Å². The van der Waals surface area contributed by atoms with Crippen LogP contribution in [0.3, 0.4) is 0 Å². The van der Waals surface area contributed by atoms with Crippen molar-refractivity contribution >= 4 is 44.9 Å². The fourth-order valence-electron chi connectivity index (χ4n) is 4.09. The van der Waals surface area contributed by atoms with Gasteiger partial charge < -0.3 is 15.0 Å². The highest BCUT2D eigenvalue weighted by molar-refractivity contribution is 9.10. The van der Waals surface area contributed by atoms with Gasteiger partial charge in [0.2, 0.25) is 0 Å². The number of likely N-dealkylation sites (tertiary alicyclic amines) is 1. The first-order chi connectivity index (χ1) is 15.6. The number of fused-ring (bicyclic) bond motifs is 1. The Kier molecular flexibility index (Phi) is 6.55. The number of ether oxygens (including phenoxy) is 1. The Hall–Kier alpha value is -2.39. The van der Waals surface area contributed by atoms with Gasteiger partial charge in [-0.25, -0.2) is 14.2 Å². The minimum Gasteiger partial charge on any atom is -0.444 e. The van der Waals surface area contributed by atoms with Crippen molar-refractivity contribution in [3.05, 3.63) is 69.9 Å². The maximum Gasteiger partial charge on any atom is 0.410 e. The van der Waals surface area contributed by atoms with Gasteiger partial charge in [-0.15, -0.1) is 0 Å². The number of carbonyl (C=O) groups is 2. The number of rotatable bonds is 2. The zero-order valence-corrected chi connectivity index (χ0v) is 21.0. The third-order valence-corrected chi connectivity index (χ3v) is 7.10. The normalized spacial score (nSPS) is 22.4. The molecule has 1 fully saturated rings. The molecule has 0 aliphatic carbocycles. The Bertz CT molecular complexity index is 1110. The van der Waals surface area contributed by atoms with Gasteiger partial charge in [-0.2, -0.15) is 0 Å². The van der Waals surface area contributed by atoms with Crippen molar-refractivity contribution in [2.45, 2.75) is 31.9 Å². The lowest BCUT2D eigenvalue weighted by molar-refractivity contribution is 0.0281. The minimum atomic E-state index is -1.03. The van der Waals surface area contributed by atoms with E-state index in [9.17, 15) is 9.59 Å². The summed E-state index contributed by atoms with van der Waals surface area (Å²) in [5, 5.41) is 3.27. The third-order valence-electron chi connectivity index (χ3n) is 5.57. The average molecular weight is 534 g/mol. The van der Waals surface area contributed by atoms with Crippen molar-refractivity contribution < 1.29 is 18.7 Å². The molecular weight excluding hydrogens is 509 g/mol. The number of amidine groups is 1. The highest BCUT2D eigenvalue weighted by Crippen LogP contribution is 2.47. The second-order valence-electron chi connectivity index (χ2n) is 9.15. The van der Waals surface area contributed by atoms with Crippen LogP contribution in [0.2, 0.25) is 0 Å². The van der Waals surface area contributed by atoms with E-state index in [4.69, 9.17) is 9.73 Å². The number of hydrogen-bond donors (Lipinski definition) is 1. The molecule has 2 atom stereocenters. The van der Waals surface area contributed by atoms with Gasteiger partial charge in [-0.1, -0.05) is 45.9 Å². The number of carbonyl (C=O) groups excluding carboxylic acids is 2. The monoisotopic (exact) mass is 533 g/mol. The third kappa shape index (κ3) is 5.09. The van der Waals surface area contributed by atoms with Gasteiger partial charge in [-0.05, 0) is 51.1 Å². The summed E-state index contributed by atoms with van der Waals surface area (Å²) in [4.78, 5) is 32.0. The molecule has 0 unspecified atom stereocenters. The van der Waals surface area contributed by atoms with Gasteiger partial charge in [0.25, 0.3) is 5.91 Å². The average Bonchev–Trinajstić information content (AvgIpc) is 3.15. The molecule has 6 nitrogen and oxygen atoms in total. The molecule has 2 aromatic rings. The lowest BCUT2D eigenvalue weighted by atomic mass is 9.81. The Morgan fingerprint density at radius 1 is 1.24 bits per heavy atom. The molecule has 0 bridgehead atoms.